The summed E-state index contributed by atoms with van der Waals surface area (Å²) in [6, 6.07) is 1.92. The van der Waals surface area contributed by atoms with Gasteiger partial charge in [-0.3, -0.25) is 15.1 Å². The van der Waals surface area contributed by atoms with E-state index in [2.05, 4.69) is 29.1 Å². The molecule has 3 N–H and O–H groups in total. The molecular formula is C15H26N4O2. The normalized spacial score (nSPS) is 17.4. The van der Waals surface area contributed by atoms with Crippen molar-refractivity contribution in [3.8, 4) is 0 Å². The van der Waals surface area contributed by atoms with Gasteiger partial charge in [0, 0.05) is 38.3 Å². The van der Waals surface area contributed by atoms with Crippen molar-refractivity contribution in [2.75, 3.05) is 32.7 Å². The lowest BCUT2D eigenvalue weighted by Gasteiger charge is -2.35. The second kappa shape index (κ2) is 7.06. The first-order valence-electron chi connectivity index (χ1n) is 7.54. The van der Waals surface area contributed by atoms with Crippen LogP contribution in [0.3, 0.4) is 0 Å². The smallest absolute Gasteiger partial charge is 0.301 e. The number of hydrogen-bond acceptors (Lipinski definition) is 5. The number of furan rings is 1. The van der Waals surface area contributed by atoms with Crippen molar-refractivity contribution in [3.63, 3.8) is 0 Å². The van der Waals surface area contributed by atoms with Gasteiger partial charge in [0.15, 0.2) is 5.76 Å². The average Bonchev–Trinajstić information content (AvgIpc) is 2.80. The summed E-state index contributed by atoms with van der Waals surface area (Å²) in [5, 5.41) is 0. The summed E-state index contributed by atoms with van der Waals surface area (Å²) in [6.45, 7) is 12.5. The highest BCUT2D eigenvalue weighted by Gasteiger charge is 2.20. The molecule has 0 saturated carbocycles. The van der Waals surface area contributed by atoms with E-state index in [-0.39, 0.29) is 5.91 Å². The van der Waals surface area contributed by atoms with E-state index in [1.54, 1.807) is 0 Å². The number of amides is 1. The van der Waals surface area contributed by atoms with Gasteiger partial charge >= 0.3 is 5.91 Å². The van der Waals surface area contributed by atoms with Gasteiger partial charge in [-0.25, -0.2) is 5.84 Å². The third-order valence-corrected chi connectivity index (χ3v) is 3.77. The number of nitrogen functional groups attached to an aromatic ring is 1. The number of hydrogen-bond donors (Lipinski definition) is 2. The van der Waals surface area contributed by atoms with Gasteiger partial charge in [-0.05, 0) is 18.9 Å². The molecule has 1 amide bonds. The Bertz CT molecular complexity index is 476. The molecule has 6 nitrogen and oxygen atoms in total. The van der Waals surface area contributed by atoms with E-state index in [0.717, 1.165) is 50.6 Å². The molecule has 0 unspecified atom stereocenters. The molecule has 1 aromatic rings. The fourth-order valence-corrected chi connectivity index (χ4v) is 2.78. The average molecular weight is 294 g/mol. The molecule has 2 heterocycles. The lowest BCUT2D eigenvalue weighted by molar-refractivity contribution is 0.0913. The second-order valence-corrected chi connectivity index (χ2v) is 6.17. The number of hydrazine groups is 1. The van der Waals surface area contributed by atoms with Crippen LogP contribution in [0.5, 0.6) is 0 Å². The third-order valence-electron chi connectivity index (χ3n) is 3.77. The molecule has 1 saturated heterocycles. The highest BCUT2D eigenvalue weighted by molar-refractivity contribution is 5.92. The standard InChI is InChI=1S/C15H26N4O2/c1-11(2)9-18-4-6-19(7-5-18)10-13-8-12(3)14(21-13)15(20)17-16/h8,11H,4-7,9-10,16H2,1-3H3,(H,17,20). The van der Waals surface area contributed by atoms with E-state index < -0.39 is 0 Å². The summed E-state index contributed by atoms with van der Waals surface area (Å²) in [5.74, 6) is 6.61. The number of nitrogens with one attached hydrogen (secondary N) is 1. The van der Waals surface area contributed by atoms with Crippen LogP contribution < -0.4 is 11.3 Å². The first kappa shape index (κ1) is 16.0. The number of piperazine rings is 1. The molecule has 1 aromatic heterocycles. The quantitative estimate of drug-likeness (QED) is 0.481. The van der Waals surface area contributed by atoms with Gasteiger partial charge in [-0.1, -0.05) is 13.8 Å². The minimum atomic E-state index is -0.375. The van der Waals surface area contributed by atoms with E-state index in [1.165, 1.54) is 0 Å². The van der Waals surface area contributed by atoms with Crippen molar-refractivity contribution in [2.24, 2.45) is 11.8 Å². The molecule has 1 fully saturated rings. The predicted octanol–water partition coefficient (Wildman–Crippen LogP) is 0.965. The zero-order valence-electron chi connectivity index (χ0n) is 13.2. The monoisotopic (exact) mass is 294 g/mol. The maximum Gasteiger partial charge on any atom is 0.301 e. The minimum absolute atomic E-state index is 0.311. The maximum atomic E-state index is 11.5. The van der Waals surface area contributed by atoms with E-state index in [9.17, 15) is 4.79 Å². The number of aryl methyl sites for hydroxylation is 1. The number of carbonyl (C=O) groups excluding carboxylic acids is 1. The molecule has 2 rings (SSSR count). The Morgan fingerprint density at radius 1 is 1.33 bits per heavy atom. The molecule has 0 atom stereocenters. The Morgan fingerprint density at radius 2 is 1.95 bits per heavy atom. The van der Waals surface area contributed by atoms with E-state index in [0.29, 0.717) is 11.7 Å². The summed E-state index contributed by atoms with van der Waals surface area (Å²) in [5.41, 5.74) is 2.94. The van der Waals surface area contributed by atoms with Crippen LogP contribution in [0.2, 0.25) is 0 Å². The molecular weight excluding hydrogens is 268 g/mol. The summed E-state index contributed by atoms with van der Waals surface area (Å²) in [7, 11) is 0. The highest BCUT2D eigenvalue weighted by atomic mass is 16.4. The van der Waals surface area contributed by atoms with Crippen molar-refractivity contribution >= 4 is 5.91 Å². The zero-order valence-corrected chi connectivity index (χ0v) is 13.2. The highest BCUT2D eigenvalue weighted by Crippen LogP contribution is 2.17. The van der Waals surface area contributed by atoms with E-state index in [1.807, 2.05) is 13.0 Å². The van der Waals surface area contributed by atoms with Crippen LogP contribution in [0.25, 0.3) is 0 Å². The fraction of sp³-hybridized carbons (Fsp3) is 0.667. The van der Waals surface area contributed by atoms with Crippen LogP contribution in [0.1, 0.15) is 35.7 Å². The van der Waals surface area contributed by atoms with Gasteiger partial charge in [-0.2, -0.15) is 0 Å². The van der Waals surface area contributed by atoms with Crippen molar-refractivity contribution in [2.45, 2.75) is 27.3 Å². The molecule has 6 heteroatoms. The zero-order chi connectivity index (χ0) is 15.4. The van der Waals surface area contributed by atoms with Crippen molar-refractivity contribution < 1.29 is 9.21 Å². The molecule has 1 aliphatic heterocycles. The van der Waals surface area contributed by atoms with Gasteiger partial charge < -0.3 is 9.32 Å². The number of nitrogens with zero attached hydrogens (tertiary/aromatic N) is 2. The third kappa shape index (κ3) is 4.30. The van der Waals surface area contributed by atoms with Crippen LogP contribution in [-0.4, -0.2) is 48.4 Å². The predicted molar refractivity (Wildman–Crippen MR) is 81.7 cm³/mol. The van der Waals surface area contributed by atoms with E-state index in [4.69, 9.17) is 10.3 Å². The maximum absolute atomic E-state index is 11.5. The molecule has 0 bridgehead atoms. The Labute approximate surface area is 126 Å². The van der Waals surface area contributed by atoms with Crippen LogP contribution in [0.15, 0.2) is 10.5 Å². The first-order valence-corrected chi connectivity index (χ1v) is 7.54. The topological polar surface area (TPSA) is 74.7 Å². The van der Waals surface area contributed by atoms with Crippen molar-refractivity contribution in [1.29, 1.82) is 0 Å². The van der Waals surface area contributed by atoms with Crippen LogP contribution in [0.4, 0.5) is 0 Å². The molecule has 118 valence electrons. The van der Waals surface area contributed by atoms with Gasteiger partial charge in [0.2, 0.25) is 0 Å². The summed E-state index contributed by atoms with van der Waals surface area (Å²) in [4.78, 5) is 16.4. The lowest BCUT2D eigenvalue weighted by Crippen LogP contribution is -2.46. The van der Waals surface area contributed by atoms with Gasteiger partial charge in [0.1, 0.15) is 5.76 Å². The Hall–Kier alpha value is -1.37. The van der Waals surface area contributed by atoms with Crippen LogP contribution >= 0.6 is 0 Å². The summed E-state index contributed by atoms with van der Waals surface area (Å²) < 4.78 is 5.61. The summed E-state index contributed by atoms with van der Waals surface area (Å²) >= 11 is 0. The van der Waals surface area contributed by atoms with Crippen molar-refractivity contribution in [1.82, 2.24) is 15.2 Å². The SMILES string of the molecule is Cc1cc(CN2CCN(CC(C)C)CC2)oc1C(=O)NN. The van der Waals surface area contributed by atoms with Crippen molar-refractivity contribution in [3.05, 3.63) is 23.2 Å². The Morgan fingerprint density at radius 3 is 2.52 bits per heavy atom. The molecule has 0 aliphatic carbocycles. The number of rotatable bonds is 5. The van der Waals surface area contributed by atoms with Gasteiger partial charge in [0.05, 0.1) is 6.54 Å². The largest absolute Gasteiger partial charge is 0.454 e. The van der Waals surface area contributed by atoms with Crippen LogP contribution in [-0.2, 0) is 6.54 Å². The number of carbonyl (C=O) groups is 1. The van der Waals surface area contributed by atoms with Crippen LogP contribution in [0, 0.1) is 12.8 Å². The minimum Gasteiger partial charge on any atom is -0.454 e. The lowest BCUT2D eigenvalue weighted by atomic mass is 10.2. The molecule has 1 aliphatic rings. The second-order valence-electron chi connectivity index (χ2n) is 6.17. The number of nitrogens with two attached hydrogens (primary N) is 1. The van der Waals surface area contributed by atoms with Gasteiger partial charge in [-0.15, -0.1) is 0 Å². The summed E-state index contributed by atoms with van der Waals surface area (Å²) in [6.07, 6.45) is 0. The van der Waals surface area contributed by atoms with E-state index >= 15 is 0 Å². The first-order chi connectivity index (χ1) is 9.99. The Kier molecular flexibility index (Phi) is 5.39. The fourth-order valence-electron chi connectivity index (χ4n) is 2.78. The molecule has 0 radical (unpaired) electrons. The molecule has 0 spiro atoms. The molecule has 0 aromatic carbocycles. The molecule has 21 heavy (non-hydrogen) atoms. The Balaban J connectivity index is 1.88. The van der Waals surface area contributed by atoms with Gasteiger partial charge in [0.25, 0.3) is 0 Å².